The van der Waals surface area contributed by atoms with Crippen LogP contribution in [0.3, 0.4) is 0 Å². The Hall–Kier alpha value is -1.62. The SMILES string of the molecule is O=C1CC[C@H]2CC[C@H](c3ncc4c(Cl)nccn34)CN12. The molecule has 2 aromatic heterocycles. The van der Waals surface area contributed by atoms with E-state index in [9.17, 15) is 4.79 Å². The highest BCUT2D eigenvalue weighted by Gasteiger charge is 2.37. The van der Waals surface area contributed by atoms with Crippen molar-refractivity contribution in [2.45, 2.75) is 37.6 Å². The number of piperidine rings is 1. The molecule has 0 aromatic carbocycles. The van der Waals surface area contributed by atoms with Crippen molar-refractivity contribution in [3.8, 4) is 0 Å². The zero-order valence-electron chi connectivity index (χ0n) is 11.0. The molecule has 2 aliphatic rings. The number of halogens is 1. The van der Waals surface area contributed by atoms with E-state index in [4.69, 9.17) is 11.6 Å². The molecular formula is C14H15ClN4O. The molecule has 0 aliphatic carbocycles. The average Bonchev–Trinajstić information content (AvgIpc) is 3.04. The van der Waals surface area contributed by atoms with Crippen molar-refractivity contribution < 1.29 is 4.79 Å². The summed E-state index contributed by atoms with van der Waals surface area (Å²) >= 11 is 6.09. The average molecular weight is 291 g/mol. The van der Waals surface area contributed by atoms with E-state index < -0.39 is 0 Å². The van der Waals surface area contributed by atoms with Gasteiger partial charge in [-0.25, -0.2) is 9.97 Å². The minimum Gasteiger partial charge on any atom is -0.339 e. The van der Waals surface area contributed by atoms with Crippen LogP contribution in [0.2, 0.25) is 5.15 Å². The smallest absolute Gasteiger partial charge is 0.222 e. The lowest BCUT2D eigenvalue weighted by atomic mass is 9.93. The Kier molecular flexibility index (Phi) is 2.70. The van der Waals surface area contributed by atoms with E-state index in [2.05, 4.69) is 9.97 Å². The van der Waals surface area contributed by atoms with Crippen molar-refractivity contribution in [2.24, 2.45) is 0 Å². The van der Waals surface area contributed by atoms with Gasteiger partial charge in [-0.3, -0.25) is 9.20 Å². The van der Waals surface area contributed by atoms with E-state index in [-0.39, 0.29) is 5.92 Å². The Morgan fingerprint density at radius 1 is 1.25 bits per heavy atom. The fourth-order valence-corrected chi connectivity index (χ4v) is 3.69. The second kappa shape index (κ2) is 4.45. The zero-order chi connectivity index (χ0) is 13.7. The number of carbonyl (C=O) groups is 1. The Balaban J connectivity index is 1.70. The predicted molar refractivity (Wildman–Crippen MR) is 74.7 cm³/mol. The summed E-state index contributed by atoms with van der Waals surface area (Å²) in [6.07, 6.45) is 9.22. The van der Waals surface area contributed by atoms with Crippen LogP contribution in [-0.2, 0) is 4.79 Å². The molecule has 5 nitrogen and oxygen atoms in total. The number of carbonyl (C=O) groups excluding carboxylic acids is 1. The number of fused-ring (bicyclic) bond motifs is 2. The number of hydrogen-bond acceptors (Lipinski definition) is 3. The van der Waals surface area contributed by atoms with Crippen LogP contribution in [0.5, 0.6) is 0 Å². The van der Waals surface area contributed by atoms with Crippen LogP contribution in [0.25, 0.3) is 5.52 Å². The molecule has 2 fully saturated rings. The molecule has 2 aliphatic heterocycles. The first-order valence-electron chi connectivity index (χ1n) is 7.01. The van der Waals surface area contributed by atoms with Gasteiger partial charge in [0, 0.05) is 37.3 Å². The zero-order valence-corrected chi connectivity index (χ0v) is 11.8. The Morgan fingerprint density at radius 3 is 3.05 bits per heavy atom. The van der Waals surface area contributed by atoms with Crippen LogP contribution >= 0.6 is 11.6 Å². The van der Waals surface area contributed by atoms with Crippen LogP contribution in [-0.4, -0.2) is 37.8 Å². The van der Waals surface area contributed by atoms with E-state index in [0.29, 0.717) is 23.5 Å². The van der Waals surface area contributed by atoms with E-state index in [1.807, 2.05) is 15.5 Å². The third-order valence-electron chi connectivity index (χ3n) is 4.52. The van der Waals surface area contributed by atoms with Crippen LogP contribution < -0.4 is 0 Å². The van der Waals surface area contributed by atoms with E-state index in [1.165, 1.54) is 0 Å². The molecule has 0 saturated carbocycles. The predicted octanol–water partition coefficient (Wildman–Crippen LogP) is 2.25. The molecule has 104 valence electrons. The van der Waals surface area contributed by atoms with Crippen molar-refractivity contribution in [3.05, 3.63) is 29.6 Å². The van der Waals surface area contributed by atoms with Crippen LogP contribution in [0.1, 0.15) is 37.4 Å². The maximum atomic E-state index is 11.9. The molecule has 2 aromatic rings. The fourth-order valence-electron chi connectivity index (χ4n) is 3.50. The minimum absolute atomic E-state index is 0.286. The highest BCUT2D eigenvalue weighted by atomic mass is 35.5. The van der Waals surface area contributed by atoms with Gasteiger partial charge in [0.15, 0.2) is 5.15 Å². The molecule has 2 atom stereocenters. The second-order valence-electron chi connectivity index (χ2n) is 5.60. The number of aromatic nitrogens is 3. The Labute approximate surface area is 121 Å². The molecule has 0 unspecified atom stereocenters. The standard InChI is InChI=1S/C14H15ClN4O/c15-13-11-7-17-14(18(11)6-5-16-13)9-1-2-10-3-4-12(20)19(10)8-9/h5-7,9-10H,1-4,8H2/t9-,10+/m0/s1. The molecule has 0 spiro atoms. The first-order valence-corrected chi connectivity index (χ1v) is 7.39. The van der Waals surface area contributed by atoms with Crippen molar-refractivity contribution in [3.63, 3.8) is 0 Å². The summed E-state index contributed by atoms with van der Waals surface area (Å²) in [6, 6.07) is 0.454. The quantitative estimate of drug-likeness (QED) is 0.809. The summed E-state index contributed by atoms with van der Waals surface area (Å²) in [4.78, 5) is 22.5. The molecule has 6 heteroatoms. The van der Waals surface area contributed by atoms with E-state index in [0.717, 1.165) is 37.1 Å². The van der Waals surface area contributed by atoms with Gasteiger partial charge in [-0.05, 0) is 19.3 Å². The highest BCUT2D eigenvalue weighted by Crippen LogP contribution is 2.35. The van der Waals surface area contributed by atoms with Gasteiger partial charge in [0.2, 0.25) is 5.91 Å². The Bertz CT molecular complexity index is 683. The van der Waals surface area contributed by atoms with Gasteiger partial charge in [-0.1, -0.05) is 11.6 Å². The molecule has 0 N–H and O–H groups in total. The summed E-state index contributed by atoms with van der Waals surface area (Å²) in [5, 5.41) is 0.470. The number of imidazole rings is 1. The Morgan fingerprint density at radius 2 is 2.15 bits per heavy atom. The molecular weight excluding hydrogens is 276 g/mol. The first kappa shape index (κ1) is 12.1. The number of amides is 1. The summed E-state index contributed by atoms with van der Waals surface area (Å²) < 4.78 is 2.00. The minimum atomic E-state index is 0.286. The van der Waals surface area contributed by atoms with Crippen LogP contribution in [0, 0.1) is 0 Å². The van der Waals surface area contributed by atoms with E-state index in [1.54, 1.807) is 12.4 Å². The van der Waals surface area contributed by atoms with Gasteiger partial charge in [-0.2, -0.15) is 0 Å². The van der Waals surface area contributed by atoms with Crippen LogP contribution in [0.15, 0.2) is 18.6 Å². The lowest BCUT2D eigenvalue weighted by Gasteiger charge is -2.34. The molecule has 2 saturated heterocycles. The molecule has 20 heavy (non-hydrogen) atoms. The molecule has 4 rings (SSSR count). The van der Waals surface area contributed by atoms with Gasteiger partial charge in [0.1, 0.15) is 11.3 Å². The van der Waals surface area contributed by atoms with Gasteiger partial charge in [0.05, 0.1) is 6.20 Å². The second-order valence-corrected chi connectivity index (χ2v) is 5.96. The van der Waals surface area contributed by atoms with Crippen molar-refractivity contribution in [1.82, 2.24) is 19.3 Å². The number of nitrogens with zero attached hydrogens (tertiary/aromatic N) is 4. The lowest BCUT2D eigenvalue weighted by molar-refractivity contribution is -0.130. The van der Waals surface area contributed by atoms with Crippen molar-refractivity contribution >= 4 is 23.0 Å². The summed E-state index contributed by atoms with van der Waals surface area (Å²) in [5.74, 6) is 1.57. The highest BCUT2D eigenvalue weighted by molar-refractivity contribution is 6.32. The lowest BCUT2D eigenvalue weighted by Crippen LogP contribution is -2.41. The molecule has 0 bridgehead atoms. The number of rotatable bonds is 1. The van der Waals surface area contributed by atoms with Gasteiger partial charge in [0.25, 0.3) is 0 Å². The van der Waals surface area contributed by atoms with Crippen molar-refractivity contribution in [1.29, 1.82) is 0 Å². The monoisotopic (exact) mass is 290 g/mol. The van der Waals surface area contributed by atoms with Gasteiger partial charge >= 0.3 is 0 Å². The van der Waals surface area contributed by atoms with E-state index >= 15 is 0 Å². The fraction of sp³-hybridized carbons (Fsp3) is 0.500. The third-order valence-corrected chi connectivity index (χ3v) is 4.81. The third kappa shape index (κ3) is 1.73. The number of hydrogen-bond donors (Lipinski definition) is 0. The van der Waals surface area contributed by atoms with Gasteiger partial charge in [-0.15, -0.1) is 0 Å². The van der Waals surface area contributed by atoms with Crippen molar-refractivity contribution in [2.75, 3.05) is 6.54 Å². The largest absolute Gasteiger partial charge is 0.339 e. The summed E-state index contributed by atoms with van der Waals surface area (Å²) in [7, 11) is 0. The normalized spacial score (nSPS) is 26.2. The maximum absolute atomic E-state index is 11.9. The topological polar surface area (TPSA) is 50.5 Å². The van der Waals surface area contributed by atoms with Crippen LogP contribution in [0.4, 0.5) is 0 Å². The maximum Gasteiger partial charge on any atom is 0.222 e. The summed E-state index contributed by atoms with van der Waals surface area (Å²) in [6.45, 7) is 0.780. The first-order chi connectivity index (χ1) is 9.74. The molecule has 4 heterocycles. The summed E-state index contributed by atoms with van der Waals surface area (Å²) in [5.41, 5.74) is 0.832. The molecule has 0 radical (unpaired) electrons. The molecule has 1 amide bonds. The van der Waals surface area contributed by atoms with Gasteiger partial charge < -0.3 is 4.90 Å².